The molecule has 4 heteroatoms. The monoisotopic (exact) mass is 299 g/mol. The Morgan fingerprint density at radius 3 is 2.33 bits per heavy atom. The Kier molecular flexibility index (Phi) is 11.0. The number of carbonyl (C=O) groups is 1. The molecule has 0 aliphatic rings. The molecule has 0 heterocycles. The van der Waals surface area contributed by atoms with Crippen molar-refractivity contribution in [2.75, 3.05) is 7.11 Å². The summed E-state index contributed by atoms with van der Waals surface area (Å²) in [7, 11) is 1.60. The zero-order valence-corrected chi connectivity index (χ0v) is 14.6. The van der Waals surface area contributed by atoms with Crippen LogP contribution in [0.25, 0.3) is 0 Å². The summed E-state index contributed by atoms with van der Waals surface area (Å²) in [6.45, 7) is 10.2. The summed E-state index contributed by atoms with van der Waals surface area (Å²) in [6.07, 6.45) is 6.03. The van der Waals surface area contributed by atoms with Crippen LogP contribution in [0.1, 0.15) is 73.1 Å². The van der Waals surface area contributed by atoms with Crippen molar-refractivity contribution in [1.82, 2.24) is 0 Å². The standard InChI is InChI=1S/C17H33NO3/c1-7-10-13(3)14(4)17(18-20-6)12-9-11-16(8-2)21-15(5)19/h13-14,16H,7-12H2,1-6H3/b18-17+/t13-,14+,16+/m0/s1. The quantitative estimate of drug-likeness (QED) is 0.319. The van der Waals surface area contributed by atoms with Gasteiger partial charge in [-0.3, -0.25) is 4.79 Å². The first-order valence-electron chi connectivity index (χ1n) is 8.23. The van der Waals surface area contributed by atoms with Crippen molar-refractivity contribution in [2.24, 2.45) is 17.0 Å². The molecule has 0 aromatic heterocycles. The first-order valence-corrected chi connectivity index (χ1v) is 8.23. The zero-order valence-electron chi connectivity index (χ0n) is 14.6. The highest BCUT2D eigenvalue weighted by molar-refractivity contribution is 5.86. The van der Waals surface area contributed by atoms with Crippen molar-refractivity contribution in [3.8, 4) is 0 Å². The lowest BCUT2D eigenvalue weighted by molar-refractivity contribution is -0.146. The van der Waals surface area contributed by atoms with Crippen LogP contribution in [0.5, 0.6) is 0 Å². The summed E-state index contributed by atoms with van der Waals surface area (Å²) in [5.74, 6) is 0.843. The van der Waals surface area contributed by atoms with Crippen molar-refractivity contribution in [3.05, 3.63) is 0 Å². The maximum atomic E-state index is 11.0. The lowest BCUT2D eigenvalue weighted by Crippen LogP contribution is -2.21. The Bertz CT molecular complexity index is 315. The molecule has 0 aromatic rings. The molecule has 0 amide bonds. The predicted molar refractivity (Wildman–Crippen MR) is 87.4 cm³/mol. The number of carbonyl (C=O) groups excluding carboxylic acids is 1. The summed E-state index contributed by atoms with van der Waals surface area (Å²) in [5.41, 5.74) is 1.12. The van der Waals surface area contributed by atoms with Crippen LogP contribution in [-0.2, 0) is 14.4 Å². The van der Waals surface area contributed by atoms with Gasteiger partial charge in [0.15, 0.2) is 0 Å². The van der Waals surface area contributed by atoms with E-state index in [0.29, 0.717) is 11.8 Å². The highest BCUT2D eigenvalue weighted by Crippen LogP contribution is 2.22. The predicted octanol–water partition coefficient (Wildman–Crippen LogP) is 4.57. The maximum absolute atomic E-state index is 11.0. The van der Waals surface area contributed by atoms with Crippen LogP contribution in [0.3, 0.4) is 0 Å². The van der Waals surface area contributed by atoms with Crippen LogP contribution in [0.2, 0.25) is 0 Å². The van der Waals surface area contributed by atoms with Gasteiger partial charge in [0, 0.05) is 12.8 Å². The second kappa shape index (κ2) is 11.6. The SMILES string of the molecule is CCC[C@H](C)[C@@H](C)/C(CCC[C@@H](CC)OC(C)=O)=N/OC. The summed E-state index contributed by atoms with van der Waals surface area (Å²) in [6, 6.07) is 0. The van der Waals surface area contributed by atoms with Gasteiger partial charge in [0.2, 0.25) is 0 Å². The number of ether oxygens (including phenoxy) is 1. The Morgan fingerprint density at radius 2 is 1.86 bits per heavy atom. The number of hydrogen-bond donors (Lipinski definition) is 0. The molecule has 0 rings (SSSR count). The topological polar surface area (TPSA) is 47.9 Å². The number of hydrogen-bond acceptors (Lipinski definition) is 4. The van der Waals surface area contributed by atoms with Gasteiger partial charge < -0.3 is 9.57 Å². The minimum atomic E-state index is -0.197. The molecule has 0 aromatic carbocycles. The van der Waals surface area contributed by atoms with Gasteiger partial charge in [0.05, 0.1) is 5.71 Å². The maximum Gasteiger partial charge on any atom is 0.302 e. The highest BCUT2D eigenvalue weighted by Gasteiger charge is 2.19. The van der Waals surface area contributed by atoms with Gasteiger partial charge >= 0.3 is 5.97 Å². The van der Waals surface area contributed by atoms with E-state index in [4.69, 9.17) is 9.57 Å². The Labute approximate surface area is 130 Å². The van der Waals surface area contributed by atoms with Gasteiger partial charge in [0.25, 0.3) is 0 Å². The lowest BCUT2D eigenvalue weighted by Gasteiger charge is -2.21. The first kappa shape index (κ1) is 19.9. The van der Waals surface area contributed by atoms with Crippen LogP contribution in [0.4, 0.5) is 0 Å². The molecule has 0 saturated heterocycles. The van der Waals surface area contributed by atoms with Crippen LogP contribution in [0, 0.1) is 11.8 Å². The van der Waals surface area contributed by atoms with E-state index in [0.717, 1.165) is 31.4 Å². The van der Waals surface area contributed by atoms with E-state index in [1.54, 1.807) is 7.11 Å². The molecule has 0 aliphatic carbocycles. The van der Waals surface area contributed by atoms with Gasteiger partial charge in [-0.15, -0.1) is 0 Å². The molecule has 0 unspecified atom stereocenters. The van der Waals surface area contributed by atoms with Crippen molar-refractivity contribution in [1.29, 1.82) is 0 Å². The Morgan fingerprint density at radius 1 is 1.19 bits per heavy atom. The molecule has 4 nitrogen and oxygen atoms in total. The van der Waals surface area contributed by atoms with Gasteiger partial charge in [-0.05, 0) is 31.6 Å². The van der Waals surface area contributed by atoms with E-state index < -0.39 is 0 Å². The minimum Gasteiger partial charge on any atom is -0.463 e. The molecule has 0 saturated carbocycles. The number of nitrogens with zero attached hydrogens (tertiary/aromatic N) is 1. The second-order valence-electron chi connectivity index (χ2n) is 5.85. The van der Waals surface area contributed by atoms with E-state index in [2.05, 4.69) is 25.9 Å². The van der Waals surface area contributed by atoms with E-state index in [9.17, 15) is 4.79 Å². The molecule has 21 heavy (non-hydrogen) atoms. The van der Waals surface area contributed by atoms with Gasteiger partial charge in [0.1, 0.15) is 13.2 Å². The summed E-state index contributed by atoms with van der Waals surface area (Å²) < 4.78 is 5.28. The molecule has 3 atom stereocenters. The molecule has 0 bridgehead atoms. The first-order chi connectivity index (χ1) is 9.96. The highest BCUT2D eigenvalue weighted by atomic mass is 16.6. The van der Waals surface area contributed by atoms with Gasteiger partial charge in [-0.2, -0.15) is 0 Å². The molecule has 0 spiro atoms. The van der Waals surface area contributed by atoms with Gasteiger partial charge in [-0.25, -0.2) is 0 Å². The van der Waals surface area contributed by atoms with Crippen LogP contribution >= 0.6 is 0 Å². The number of rotatable bonds is 11. The average Bonchev–Trinajstić information content (AvgIpc) is 2.44. The van der Waals surface area contributed by atoms with E-state index in [1.807, 2.05) is 6.92 Å². The minimum absolute atomic E-state index is 0.0228. The second-order valence-corrected chi connectivity index (χ2v) is 5.85. The molecule has 0 fully saturated rings. The third kappa shape index (κ3) is 8.74. The van der Waals surface area contributed by atoms with Crippen molar-refractivity contribution in [3.63, 3.8) is 0 Å². The van der Waals surface area contributed by atoms with Crippen molar-refractivity contribution < 1.29 is 14.4 Å². The summed E-state index contributed by atoms with van der Waals surface area (Å²) in [5, 5.41) is 4.22. The molecule has 124 valence electrons. The van der Waals surface area contributed by atoms with Gasteiger partial charge in [-0.1, -0.05) is 45.7 Å². The number of oxime groups is 1. The number of esters is 1. The zero-order chi connectivity index (χ0) is 16.3. The molecular weight excluding hydrogens is 266 g/mol. The Hall–Kier alpha value is -1.06. The largest absolute Gasteiger partial charge is 0.463 e. The summed E-state index contributed by atoms with van der Waals surface area (Å²) in [4.78, 5) is 16.0. The molecule has 0 aliphatic heterocycles. The van der Waals surface area contributed by atoms with Crippen LogP contribution in [-0.4, -0.2) is 24.9 Å². The van der Waals surface area contributed by atoms with E-state index in [-0.39, 0.29) is 12.1 Å². The fourth-order valence-corrected chi connectivity index (χ4v) is 2.60. The third-order valence-corrected chi connectivity index (χ3v) is 4.08. The lowest BCUT2D eigenvalue weighted by atomic mass is 9.86. The molecule has 0 radical (unpaired) electrons. The molecular formula is C17H33NO3. The van der Waals surface area contributed by atoms with E-state index in [1.165, 1.54) is 19.8 Å². The van der Waals surface area contributed by atoms with Crippen LogP contribution in [0.15, 0.2) is 5.16 Å². The smallest absolute Gasteiger partial charge is 0.302 e. The fourth-order valence-electron chi connectivity index (χ4n) is 2.60. The fraction of sp³-hybridized carbons (Fsp3) is 0.882. The van der Waals surface area contributed by atoms with Crippen molar-refractivity contribution >= 4 is 11.7 Å². The van der Waals surface area contributed by atoms with Crippen LogP contribution < -0.4 is 0 Å². The summed E-state index contributed by atoms with van der Waals surface area (Å²) >= 11 is 0. The normalized spacial score (nSPS) is 16.2. The Balaban J connectivity index is 4.39. The van der Waals surface area contributed by atoms with E-state index >= 15 is 0 Å². The third-order valence-electron chi connectivity index (χ3n) is 4.08. The molecule has 0 N–H and O–H groups in total. The average molecular weight is 299 g/mol. The van der Waals surface area contributed by atoms with Crippen molar-refractivity contribution in [2.45, 2.75) is 79.2 Å².